The van der Waals surface area contributed by atoms with Gasteiger partial charge < -0.3 is 10.6 Å². The lowest BCUT2D eigenvalue weighted by atomic mass is 10.2. The van der Waals surface area contributed by atoms with Crippen molar-refractivity contribution in [1.29, 1.82) is 0 Å². The van der Waals surface area contributed by atoms with Crippen molar-refractivity contribution >= 4 is 35.4 Å². The Morgan fingerprint density at radius 1 is 0.622 bits per heavy atom. The van der Waals surface area contributed by atoms with E-state index in [1.54, 1.807) is 13.8 Å². The van der Waals surface area contributed by atoms with Gasteiger partial charge in [-0.25, -0.2) is 0 Å². The van der Waals surface area contributed by atoms with Crippen LogP contribution in [-0.4, -0.2) is 82.0 Å². The molecule has 0 saturated carbocycles. The van der Waals surface area contributed by atoms with Gasteiger partial charge in [-0.1, -0.05) is 13.2 Å². The average Bonchev–Trinajstić information content (AvgIpc) is 3.18. The Morgan fingerprint density at radius 3 is 1.19 bits per heavy atom. The average molecular weight is 520 g/mol. The van der Waals surface area contributed by atoms with E-state index in [2.05, 4.69) is 39.7 Å². The van der Waals surface area contributed by atoms with Crippen molar-refractivity contribution in [3.8, 4) is 0 Å². The van der Waals surface area contributed by atoms with Crippen molar-refractivity contribution in [3.63, 3.8) is 0 Å². The lowest BCUT2D eigenvalue weighted by Crippen LogP contribution is -2.60. The van der Waals surface area contributed by atoms with Crippen molar-refractivity contribution in [2.24, 2.45) is 0 Å². The lowest BCUT2D eigenvalue weighted by Gasteiger charge is -2.30. The summed E-state index contributed by atoms with van der Waals surface area (Å²) < 4.78 is 0. The topological polar surface area (TPSA) is 169 Å². The number of hydrogen-bond acceptors (Lipinski definition) is 9. The summed E-state index contributed by atoms with van der Waals surface area (Å²) in [5, 5.41) is 14.9. The highest BCUT2D eigenvalue weighted by Gasteiger charge is 2.40. The summed E-state index contributed by atoms with van der Waals surface area (Å²) in [5.74, 6) is -2.95. The fraction of sp³-hybridized carbons (Fsp3) is 0.583. The number of carbonyl (C=O) groups is 6. The molecule has 0 radical (unpaired) electrons. The first kappa shape index (κ1) is 29.8. The van der Waals surface area contributed by atoms with E-state index in [4.69, 9.17) is 0 Å². The normalized spacial score (nSPS) is 21.1. The third-order valence-electron chi connectivity index (χ3n) is 6.06. The summed E-state index contributed by atoms with van der Waals surface area (Å²) in [6.07, 6.45) is -1.75. The minimum absolute atomic E-state index is 0.0852. The Kier molecular flexibility index (Phi) is 9.84. The van der Waals surface area contributed by atoms with Crippen molar-refractivity contribution < 1.29 is 28.8 Å². The monoisotopic (exact) mass is 519 g/mol. The van der Waals surface area contributed by atoms with Crippen LogP contribution >= 0.6 is 0 Å². The van der Waals surface area contributed by atoms with Crippen LogP contribution in [-0.2, 0) is 28.8 Å². The molecule has 0 aliphatic carbocycles. The number of nitrogens with zero attached hydrogens (tertiary/aromatic N) is 2. The molecule has 204 valence electrons. The van der Waals surface area contributed by atoms with E-state index >= 15 is 0 Å². The molecule has 6 amide bonds. The van der Waals surface area contributed by atoms with Gasteiger partial charge in [0.2, 0.25) is 23.6 Å². The molecule has 0 bridgehead atoms. The Morgan fingerprint density at radius 2 is 0.919 bits per heavy atom. The zero-order valence-electron chi connectivity index (χ0n) is 22.1. The molecule has 6 unspecified atom stereocenters. The maximum atomic E-state index is 12.5. The quantitative estimate of drug-likeness (QED) is 0.120. The molecule has 0 aromatic rings. The van der Waals surface area contributed by atoms with Gasteiger partial charge in [-0.05, 0) is 41.5 Å². The van der Waals surface area contributed by atoms with Gasteiger partial charge in [0.25, 0.3) is 11.8 Å². The number of nitrogens with one attached hydrogen (secondary N) is 5. The predicted octanol–water partition coefficient (Wildman–Crippen LogP) is -1.22. The summed E-state index contributed by atoms with van der Waals surface area (Å²) in [4.78, 5) is 75.1. The Bertz CT molecular complexity index is 934. The number of amides is 6. The molecule has 13 heteroatoms. The Hall–Kier alpha value is -3.42. The van der Waals surface area contributed by atoms with E-state index in [-0.39, 0.29) is 36.3 Å². The molecule has 2 fully saturated rings. The molecule has 0 aromatic carbocycles. The molecule has 0 aromatic heterocycles. The van der Waals surface area contributed by atoms with Crippen LogP contribution in [0, 0.1) is 0 Å². The highest BCUT2D eigenvalue weighted by Crippen LogP contribution is 2.20. The molecule has 2 heterocycles. The molecule has 37 heavy (non-hydrogen) atoms. The molecule has 2 rings (SSSR count). The lowest BCUT2D eigenvalue weighted by molar-refractivity contribution is -0.146. The standard InChI is InChI=1S/C24H37N7O6/c1-11-9-19(32)30(23(11)36)13(3)21(34)28-17(7)26-15(5)25-16(6)27-18(8)29-22(35)14(4)31-20(33)10-12(2)24(31)37/h13-18,25-27H,1-2,9-10H2,3-8H3,(H,28,34)(H,29,35). The van der Waals surface area contributed by atoms with Crippen LogP contribution in [0.4, 0.5) is 0 Å². The SMILES string of the molecule is C=C1CC(=O)N(C(C)C(=O)NC(C)NC(C)NC(C)NC(C)NC(=O)C(C)N2C(=O)CC(=C)C2=O)C1=O. The molecular formula is C24H37N7O6. The van der Waals surface area contributed by atoms with E-state index in [1.807, 2.05) is 13.8 Å². The fourth-order valence-electron chi connectivity index (χ4n) is 4.24. The molecule has 6 atom stereocenters. The highest BCUT2D eigenvalue weighted by molar-refractivity contribution is 6.15. The van der Waals surface area contributed by atoms with E-state index in [0.29, 0.717) is 0 Å². The number of carbonyl (C=O) groups excluding carboxylic acids is 6. The van der Waals surface area contributed by atoms with Gasteiger partial charge >= 0.3 is 0 Å². The maximum absolute atomic E-state index is 12.5. The van der Waals surface area contributed by atoms with Gasteiger partial charge in [-0.3, -0.25) is 54.5 Å². The molecule has 13 nitrogen and oxygen atoms in total. The van der Waals surface area contributed by atoms with Gasteiger partial charge in [0, 0.05) is 11.1 Å². The third kappa shape index (κ3) is 7.31. The van der Waals surface area contributed by atoms with Gasteiger partial charge in [-0.15, -0.1) is 0 Å². The maximum Gasteiger partial charge on any atom is 0.257 e. The van der Waals surface area contributed by atoms with Gasteiger partial charge in [0.1, 0.15) is 12.1 Å². The second-order valence-electron chi connectivity index (χ2n) is 9.45. The minimum Gasteiger partial charge on any atom is -0.339 e. The van der Waals surface area contributed by atoms with Crippen LogP contribution in [0.2, 0.25) is 0 Å². The number of hydrogen-bond donors (Lipinski definition) is 5. The fourth-order valence-corrected chi connectivity index (χ4v) is 4.24. The summed E-state index contributed by atoms with van der Waals surface area (Å²) in [6.45, 7) is 17.1. The number of imide groups is 2. The molecule has 0 spiro atoms. The van der Waals surface area contributed by atoms with Gasteiger partial charge in [-0.2, -0.15) is 0 Å². The van der Waals surface area contributed by atoms with Crippen molar-refractivity contribution in [2.75, 3.05) is 0 Å². The zero-order chi connectivity index (χ0) is 28.2. The first-order valence-corrected chi connectivity index (χ1v) is 12.1. The van der Waals surface area contributed by atoms with Crippen LogP contribution in [0.1, 0.15) is 54.4 Å². The molecule has 2 aliphatic rings. The van der Waals surface area contributed by atoms with E-state index in [9.17, 15) is 28.8 Å². The van der Waals surface area contributed by atoms with Crippen molar-refractivity contribution in [2.45, 2.75) is 91.1 Å². The summed E-state index contributed by atoms with van der Waals surface area (Å²) >= 11 is 0. The van der Waals surface area contributed by atoms with Crippen LogP contribution in [0.5, 0.6) is 0 Å². The van der Waals surface area contributed by atoms with Crippen LogP contribution in [0.3, 0.4) is 0 Å². The second kappa shape index (κ2) is 12.2. The van der Waals surface area contributed by atoms with Gasteiger partial charge in [0.15, 0.2) is 0 Å². The number of rotatable bonds is 12. The Labute approximate surface area is 216 Å². The van der Waals surface area contributed by atoms with E-state index in [1.165, 1.54) is 13.8 Å². The van der Waals surface area contributed by atoms with Crippen molar-refractivity contribution in [1.82, 2.24) is 36.4 Å². The smallest absolute Gasteiger partial charge is 0.257 e. The largest absolute Gasteiger partial charge is 0.339 e. The summed E-state index contributed by atoms with van der Waals surface area (Å²) in [6, 6.07) is -1.94. The number of likely N-dealkylation sites (tertiary alicyclic amines) is 2. The molecular weight excluding hydrogens is 482 g/mol. The van der Waals surface area contributed by atoms with E-state index < -0.39 is 59.9 Å². The highest BCUT2D eigenvalue weighted by atomic mass is 16.2. The minimum atomic E-state index is -0.969. The molecule has 2 saturated heterocycles. The third-order valence-corrected chi connectivity index (χ3v) is 6.06. The second-order valence-corrected chi connectivity index (χ2v) is 9.45. The summed E-state index contributed by atoms with van der Waals surface area (Å²) in [5.41, 5.74) is 0.331. The zero-order valence-corrected chi connectivity index (χ0v) is 22.1. The van der Waals surface area contributed by atoms with Crippen LogP contribution in [0.15, 0.2) is 24.3 Å². The predicted molar refractivity (Wildman–Crippen MR) is 134 cm³/mol. The first-order chi connectivity index (χ1) is 17.1. The molecule has 5 N–H and O–H groups in total. The first-order valence-electron chi connectivity index (χ1n) is 12.1. The van der Waals surface area contributed by atoms with Crippen molar-refractivity contribution in [3.05, 3.63) is 24.3 Å². The summed E-state index contributed by atoms with van der Waals surface area (Å²) in [7, 11) is 0. The van der Waals surface area contributed by atoms with Gasteiger partial charge in [0.05, 0.1) is 37.5 Å². The van der Waals surface area contributed by atoms with E-state index in [0.717, 1.165) is 9.80 Å². The van der Waals surface area contributed by atoms with Crippen LogP contribution in [0.25, 0.3) is 0 Å². The van der Waals surface area contributed by atoms with Crippen LogP contribution < -0.4 is 26.6 Å². The Balaban J connectivity index is 1.77. The molecule has 2 aliphatic heterocycles.